The van der Waals surface area contributed by atoms with Gasteiger partial charge in [0.05, 0.1) is 11.1 Å². The fraction of sp³-hybridized carbons (Fsp3) is 0.462. The van der Waals surface area contributed by atoms with E-state index in [2.05, 4.69) is 5.32 Å². The van der Waals surface area contributed by atoms with E-state index in [1.807, 2.05) is 0 Å². The summed E-state index contributed by atoms with van der Waals surface area (Å²) in [5.74, 6) is 0.212. The van der Waals surface area contributed by atoms with Crippen molar-refractivity contribution in [3.8, 4) is 11.8 Å². The molecule has 0 spiro atoms. The van der Waals surface area contributed by atoms with E-state index >= 15 is 0 Å². The number of piperidine rings is 1. The number of nitriles is 1. The van der Waals surface area contributed by atoms with E-state index < -0.39 is 11.7 Å². The Kier molecular flexibility index (Phi) is 3.96. The maximum absolute atomic E-state index is 12.5. The van der Waals surface area contributed by atoms with Gasteiger partial charge in [0.25, 0.3) is 0 Å². The number of hydrogen-bond donors (Lipinski definition) is 1. The van der Waals surface area contributed by atoms with Crippen molar-refractivity contribution in [3.63, 3.8) is 0 Å². The van der Waals surface area contributed by atoms with Crippen LogP contribution in [0, 0.1) is 11.3 Å². The topological polar surface area (TPSA) is 45.0 Å². The van der Waals surface area contributed by atoms with Crippen LogP contribution in [0.4, 0.5) is 13.2 Å². The Morgan fingerprint density at radius 3 is 2.74 bits per heavy atom. The van der Waals surface area contributed by atoms with Gasteiger partial charge in [-0.25, -0.2) is 0 Å². The van der Waals surface area contributed by atoms with Gasteiger partial charge < -0.3 is 10.1 Å². The molecule has 0 bridgehead atoms. The first-order valence-electron chi connectivity index (χ1n) is 5.99. The van der Waals surface area contributed by atoms with Gasteiger partial charge in [-0.1, -0.05) is 0 Å². The van der Waals surface area contributed by atoms with Gasteiger partial charge in [-0.2, -0.15) is 18.4 Å². The van der Waals surface area contributed by atoms with Crippen molar-refractivity contribution >= 4 is 0 Å². The third-order valence-corrected chi connectivity index (χ3v) is 2.97. The van der Waals surface area contributed by atoms with E-state index in [9.17, 15) is 13.2 Å². The molecule has 1 aliphatic heterocycles. The van der Waals surface area contributed by atoms with E-state index in [4.69, 9.17) is 10.00 Å². The molecule has 2 rings (SSSR count). The number of alkyl halides is 3. The molecule has 0 amide bonds. The highest BCUT2D eigenvalue weighted by atomic mass is 19.4. The zero-order valence-electron chi connectivity index (χ0n) is 10.1. The summed E-state index contributed by atoms with van der Waals surface area (Å²) in [4.78, 5) is 0. The van der Waals surface area contributed by atoms with E-state index in [1.54, 1.807) is 6.07 Å². The molecule has 1 saturated heterocycles. The molecule has 0 radical (unpaired) electrons. The predicted molar refractivity (Wildman–Crippen MR) is 62.7 cm³/mol. The summed E-state index contributed by atoms with van der Waals surface area (Å²) in [6.45, 7) is 1.56. The van der Waals surface area contributed by atoms with Crippen LogP contribution >= 0.6 is 0 Å². The average Bonchev–Trinajstić information content (AvgIpc) is 2.39. The summed E-state index contributed by atoms with van der Waals surface area (Å²) in [5.41, 5.74) is -0.918. The summed E-state index contributed by atoms with van der Waals surface area (Å²) in [6.07, 6.45) is -2.76. The van der Waals surface area contributed by atoms with Crippen molar-refractivity contribution in [3.05, 3.63) is 29.3 Å². The molecule has 0 aliphatic carbocycles. The zero-order chi connectivity index (χ0) is 13.9. The monoisotopic (exact) mass is 270 g/mol. The normalized spacial score (nSPS) is 19.8. The first-order chi connectivity index (χ1) is 9.00. The molecule has 1 aromatic carbocycles. The standard InChI is InChI=1S/C13H13F3N2O/c14-13(15,16)10-3-4-12(9(6-10)7-17)19-11-2-1-5-18-8-11/h3-4,6,11,18H,1-2,5,8H2. The van der Waals surface area contributed by atoms with Crippen LogP contribution in [0.5, 0.6) is 5.75 Å². The molecule has 1 unspecified atom stereocenters. The highest BCUT2D eigenvalue weighted by Crippen LogP contribution is 2.32. The number of rotatable bonds is 2. The van der Waals surface area contributed by atoms with Crippen LogP contribution in [-0.4, -0.2) is 19.2 Å². The molecule has 1 heterocycles. The van der Waals surface area contributed by atoms with Crippen molar-refractivity contribution in [1.82, 2.24) is 5.32 Å². The quantitative estimate of drug-likeness (QED) is 0.898. The predicted octanol–water partition coefficient (Wildman–Crippen LogP) is 2.71. The number of hydrogen-bond acceptors (Lipinski definition) is 3. The van der Waals surface area contributed by atoms with Crippen molar-refractivity contribution in [2.75, 3.05) is 13.1 Å². The number of benzene rings is 1. The number of nitrogens with one attached hydrogen (secondary N) is 1. The van der Waals surface area contributed by atoms with Crippen LogP contribution in [0.3, 0.4) is 0 Å². The first kappa shape index (κ1) is 13.7. The van der Waals surface area contributed by atoms with Crippen LogP contribution in [0.15, 0.2) is 18.2 Å². The SMILES string of the molecule is N#Cc1cc(C(F)(F)F)ccc1OC1CCCNC1. The Labute approximate surface area is 109 Å². The summed E-state index contributed by atoms with van der Waals surface area (Å²) in [5, 5.41) is 12.1. The molecular formula is C13H13F3N2O. The van der Waals surface area contributed by atoms with Crippen molar-refractivity contribution in [2.45, 2.75) is 25.1 Å². The van der Waals surface area contributed by atoms with E-state index in [1.165, 1.54) is 6.07 Å². The molecule has 19 heavy (non-hydrogen) atoms. The fourth-order valence-electron chi connectivity index (χ4n) is 2.00. The number of ether oxygens (including phenoxy) is 1. The molecule has 1 aliphatic rings. The highest BCUT2D eigenvalue weighted by Gasteiger charge is 2.31. The molecule has 0 saturated carbocycles. The van der Waals surface area contributed by atoms with Crippen molar-refractivity contribution < 1.29 is 17.9 Å². The molecule has 102 valence electrons. The van der Waals surface area contributed by atoms with Gasteiger partial charge in [0, 0.05) is 6.54 Å². The second kappa shape index (κ2) is 5.49. The van der Waals surface area contributed by atoms with Gasteiger partial charge in [0.1, 0.15) is 17.9 Å². The Hall–Kier alpha value is -1.74. The van der Waals surface area contributed by atoms with E-state index in [0.717, 1.165) is 31.5 Å². The first-order valence-corrected chi connectivity index (χ1v) is 5.99. The second-order valence-corrected chi connectivity index (χ2v) is 4.41. The Morgan fingerprint density at radius 1 is 1.37 bits per heavy atom. The van der Waals surface area contributed by atoms with Gasteiger partial charge in [0.15, 0.2) is 0 Å². The molecule has 1 aromatic rings. The van der Waals surface area contributed by atoms with Gasteiger partial charge in [0.2, 0.25) is 0 Å². The lowest BCUT2D eigenvalue weighted by molar-refractivity contribution is -0.137. The average molecular weight is 270 g/mol. The minimum Gasteiger partial charge on any atom is -0.488 e. The van der Waals surface area contributed by atoms with Crippen LogP contribution < -0.4 is 10.1 Å². The van der Waals surface area contributed by atoms with Gasteiger partial charge >= 0.3 is 6.18 Å². The molecule has 0 aromatic heterocycles. The van der Waals surface area contributed by atoms with Crippen LogP contribution in [0.25, 0.3) is 0 Å². The summed E-state index contributed by atoms with van der Waals surface area (Å²) < 4.78 is 43.2. The van der Waals surface area contributed by atoms with Gasteiger partial charge in [-0.3, -0.25) is 0 Å². The lowest BCUT2D eigenvalue weighted by atomic mass is 10.1. The van der Waals surface area contributed by atoms with Gasteiger partial charge in [-0.15, -0.1) is 0 Å². The minimum absolute atomic E-state index is 0.0830. The van der Waals surface area contributed by atoms with E-state index in [0.29, 0.717) is 6.54 Å². The highest BCUT2D eigenvalue weighted by molar-refractivity contribution is 5.46. The lowest BCUT2D eigenvalue weighted by Gasteiger charge is -2.24. The summed E-state index contributed by atoms with van der Waals surface area (Å²) in [6, 6.07) is 4.73. The largest absolute Gasteiger partial charge is 0.488 e. The maximum Gasteiger partial charge on any atom is 0.416 e. The molecule has 1 N–H and O–H groups in total. The lowest BCUT2D eigenvalue weighted by Crippen LogP contribution is -2.37. The van der Waals surface area contributed by atoms with Crippen LogP contribution in [-0.2, 0) is 6.18 Å². The Balaban J connectivity index is 2.19. The van der Waals surface area contributed by atoms with E-state index in [-0.39, 0.29) is 17.4 Å². The third-order valence-electron chi connectivity index (χ3n) is 2.97. The Morgan fingerprint density at radius 2 is 2.16 bits per heavy atom. The van der Waals surface area contributed by atoms with Crippen LogP contribution in [0.2, 0.25) is 0 Å². The number of halogens is 3. The zero-order valence-corrected chi connectivity index (χ0v) is 10.1. The molecular weight excluding hydrogens is 257 g/mol. The molecule has 1 fully saturated rings. The van der Waals surface area contributed by atoms with Crippen molar-refractivity contribution in [2.24, 2.45) is 0 Å². The summed E-state index contributed by atoms with van der Waals surface area (Å²) in [7, 11) is 0. The van der Waals surface area contributed by atoms with Crippen LogP contribution in [0.1, 0.15) is 24.0 Å². The van der Waals surface area contributed by atoms with Gasteiger partial charge in [-0.05, 0) is 37.6 Å². The fourth-order valence-corrected chi connectivity index (χ4v) is 2.00. The maximum atomic E-state index is 12.5. The third kappa shape index (κ3) is 3.38. The molecule has 3 nitrogen and oxygen atoms in total. The minimum atomic E-state index is -4.45. The number of nitrogens with zero attached hydrogens (tertiary/aromatic N) is 1. The molecule has 1 atom stereocenters. The summed E-state index contributed by atoms with van der Waals surface area (Å²) >= 11 is 0. The smallest absolute Gasteiger partial charge is 0.416 e. The second-order valence-electron chi connectivity index (χ2n) is 4.41. The Bertz CT molecular complexity index is 488. The van der Waals surface area contributed by atoms with Crippen molar-refractivity contribution in [1.29, 1.82) is 5.26 Å². The molecule has 6 heteroatoms.